The molecular weight excluding hydrogens is 350 g/mol. The highest BCUT2D eigenvalue weighted by atomic mass is 32.2. The first-order chi connectivity index (χ1) is 11.8. The van der Waals surface area contributed by atoms with Gasteiger partial charge >= 0.3 is 12.0 Å². The van der Waals surface area contributed by atoms with Crippen molar-refractivity contribution in [1.82, 2.24) is 19.7 Å². The molecule has 2 rings (SSSR count). The summed E-state index contributed by atoms with van der Waals surface area (Å²) in [7, 11) is -1.04. The van der Waals surface area contributed by atoms with Crippen molar-refractivity contribution in [2.75, 3.05) is 19.5 Å². The molecule has 1 aromatic carbocycles. The van der Waals surface area contributed by atoms with E-state index in [1.165, 1.54) is 45.4 Å². The van der Waals surface area contributed by atoms with Gasteiger partial charge in [-0.15, -0.1) is 4.98 Å². The molecule has 0 radical (unpaired) electrons. The lowest BCUT2D eigenvalue weighted by Gasteiger charge is -2.08. The Morgan fingerprint density at radius 2 is 1.60 bits per heavy atom. The second-order valence-electron chi connectivity index (χ2n) is 4.76. The topological polar surface area (TPSA) is 132 Å². The van der Waals surface area contributed by atoms with Crippen LogP contribution in [0.3, 0.4) is 0 Å². The summed E-state index contributed by atoms with van der Waals surface area (Å²) in [4.78, 5) is 22.7. The fourth-order valence-corrected chi connectivity index (χ4v) is 2.78. The molecular formula is C14H17N5O5S. The number of carbonyl (C=O) groups excluding carboxylic acids is 1. The maximum atomic E-state index is 12.3. The van der Waals surface area contributed by atoms with Gasteiger partial charge in [0.25, 0.3) is 0 Å². The van der Waals surface area contributed by atoms with Gasteiger partial charge in [-0.2, -0.15) is 9.97 Å². The predicted molar refractivity (Wildman–Crippen MR) is 87.7 cm³/mol. The lowest BCUT2D eigenvalue weighted by Crippen LogP contribution is -2.24. The van der Waals surface area contributed by atoms with Gasteiger partial charge in [0.15, 0.2) is 5.82 Å². The number of nitrogens with one attached hydrogen (secondary N) is 2. The number of methoxy groups -OCH3 is 2. The largest absolute Gasteiger partial charge is 0.467 e. The van der Waals surface area contributed by atoms with Crippen LogP contribution in [0.4, 0.5) is 5.69 Å². The molecule has 2 N–H and O–H groups in total. The van der Waals surface area contributed by atoms with E-state index >= 15 is 0 Å². The minimum Gasteiger partial charge on any atom is -0.467 e. The number of carbonyl (C=O) groups is 1. The second kappa shape index (κ2) is 7.85. The zero-order valence-electron chi connectivity index (χ0n) is 13.8. The lowest BCUT2D eigenvalue weighted by molar-refractivity contribution is -0.114. The Balaban J connectivity index is 2.12. The van der Waals surface area contributed by atoms with Crippen molar-refractivity contribution in [3.05, 3.63) is 30.1 Å². The van der Waals surface area contributed by atoms with E-state index in [9.17, 15) is 13.2 Å². The third-order valence-corrected chi connectivity index (χ3v) is 4.33. The Labute approximate surface area is 144 Å². The van der Waals surface area contributed by atoms with Crippen molar-refractivity contribution in [3.63, 3.8) is 0 Å². The van der Waals surface area contributed by atoms with E-state index in [4.69, 9.17) is 9.47 Å². The second-order valence-corrected chi connectivity index (χ2v) is 6.52. The molecule has 0 bridgehead atoms. The molecule has 10 nitrogen and oxygen atoms in total. The number of aromatic nitrogens is 3. The number of amides is 1. The van der Waals surface area contributed by atoms with Crippen LogP contribution in [0.1, 0.15) is 12.7 Å². The van der Waals surface area contributed by atoms with Crippen LogP contribution in [-0.2, 0) is 21.4 Å². The number of benzene rings is 1. The molecule has 0 unspecified atom stereocenters. The lowest BCUT2D eigenvalue weighted by atomic mass is 10.3. The summed E-state index contributed by atoms with van der Waals surface area (Å²) in [6.07, 6.45) is 0. The minimum absolute atomic E-state index is 0.0145. The van der Waals surface area contributed by atoms with Crippen LogP contribution >= 0.6 is 0 Å². The summed E-state index contributed by atoms with van der Waals surface area (Å²) in [5, 5.41) is 2.56. The molecule has 11 heteroatoms. The van der Waals surface area contributed by atoms with Crippen molar-refractivity contribution in [2.45, 2.75) is 18.4 Å². The van der Waals surface area contributed by atoms with Crippen molar-refractivity contribution in [3.8, 4) is 12.0 Å². The highest BCUT2D eigenvalue weighted by Gasteiger charge is 2.16. The molecule has 1 aromatic heterocycles. The fourth-order valence-electron chi connectivity index (χ4n) is 1.80. The summed E-state index contributed by atoms with van der Waals surface area (Å²) in [6.45, 7) is 1.19. The van der Waals surface area contributed by atoms with Gasteiger partial charge < -0.3 is 14.8 Å². The number of rotatable bonds is 7. The number of ether oxygens (including phenoxy) is 2. The molecule has 0 atom stereocenters. The van der Waals surface area contributed by atoms with E-state index in [-0.39, 0.29) is 35.2 Å². The van der Waals surface area contributed by atoms with Crippen molar-refractivity contribution in [2.24, 2.45) is 0 Å². The van der Waals surface area contributed by atoms with E-state index < -0.39 is 10.0 Å². The third-order valence-electron chi connectivity index (χ3n) is 2.91. The summed E-state index contributed by atoms with van der Waals surface area (Å²) in [5.74, 6) is -0.103. The van der Waals surface area contributed by atoms with Crippen LogP contribution in [0.25, 0.3) is 0 Å². The quantitative estimate of drug-likeness (QED) is 0.715. The highest BCUT2D eigenvalue weighted by Crippen LogP contribution is 2.15. The van der Waals surface area contributed by atoms with Crippen molar-refractivity contribution >= 4 is 21.6 Å². The molecule has 1 amide bonds. The van der Waals surface area contributed by atoms with Crippen molar-refractivity contribution in [1.29, 1.82) is 0 Å². The summed E-state index contributed by atoms with van der Waals surface area (Å²) < 4.78 is 36.8. The van der Waals surface area contributed by atoms with Gasteiger partial charge in [0.05, 0.1) is 25.7 Å². The van der Waals surface area contributed by atoms with Gasteiger partial charge in [0.1, 0.15) is 0 Å². The summed E-state index contributed by atoms with van der Waals surface area (Å²) in [5.41, 5.74) is 0.499. The Kier molecular flexibility index (Phi) is 5.83. The monoisotopic (exact) mass is 367 g/mol. The molecule has 134 valence electrons. The minimum atomic E-state index is -3.79. The van der Waals surface area contributed by atoms with Crippen LogP contribution in [-0.4, -0.2) is 43.5 Å². The van der Waals surface area contributed by atoms with Crippen LogP contribution in [0.15, 0.2) is 29.2 Å². The Morgan fingerprint density at radius 1 is 1.04 bits per heavy atom. The number of sulfonamides is 1. The summed E-state index contributed by atoms with van der Waals surface area (Å²) >= 11 is 0. The van der Waals surface area contributed by atoms with E-state index in [0.717, 1.165) is 0 Å². The maximum absolute atomic E-state index is 12.3. The Hall–Kier alpha value is -2.79. The fraction of sp³-hybridized carbons (Fsp3) is 0.286. The van der Waals surface area contributed by atoms with E-state index in [2.05, 4.69) is 25.0 Å². The molecule has 0 aliphatic carbocycles. The van der Waals surface area contributed by atoms with Crippen LogP contribution < -0.4 is 19.5 Å². The molecule has 0 fully saturated rings. The van der Waals surface area contributed by atoms with E-state index in [0.29, 0.717) is 5.69 Å². The molecule has 0 spiro atoms. The van der Waals surface area contributed by atoms with Crippen molar-refractivity contribution < 1.29 is 22.7 Å². The Morgan fingerprint density at radius 3 is 2.08 bits per heavy atom. The molecule has 0 aliphatic rings. The van der Waals surface area contributed by atoms with Crippen LogP contribution in [0, 0.1) is 0 Å². The number of hydrogen-bond donors (Lipinski definition) is 2. The van der Waals surface area contributed by atoms with Gasteiger partial charge in [-0.05, 0) is 24.3 Å². The zero-order valence-corrected chi connectivity index (χ0v) is 14.6. The van der Waals surface area contributed by atoms with Gasteiger partial charge in [-0.25, -0.2) is 13.1 Å². The molecule has 0 saturated carbocycles. The predicted octanol–water partition coefficient (Wildman–Crippen LogP) is 0.326. The molecule has 2 aromatic rings. The highest BCUT2D eigenvalue weighted by molar-refractivity contribution is 7.89. The van der Waals surface area contributed by atoms with Gasteiger partial charge in [-0.1, -0.05) is 0 Å². The first kappa shape index (κ1) is 18.5. The molecule has 0 aliphatic heterocycles. The standard InChI is InChI=1S/C14H17N5O5S/c1-9(20)16-10-4-6-11(7-5-10)25(21,22)15-8-12-17-13(23-2)19-14(18-12)24-3/h4-7,15H,8H2,1-3H3,(H,16,20). The average Bonchev–Trinajstić information content (AvgIpc) is 2.59. The third kappa shape index (κ3) is 5.09. The smallest absolute Gasteiger partial charge is 0.322 e. The summed E-state index contributed by atoms with van der Waals surface area (Å²) in [6, 6.07) is 5.77. The van der Waals surface area contributed by atoms with Gasteiger partial charge in [0, 0.05) is 12.6 Å². The van der Waals surface area contributed by atoms with Gasteiger partial charge in [-0.3, -0.25) is 4.79 Å². The molecule has 0 saturated heterocycles. The molecule has 25 heavy (non-hydrogen) atoms. The van der Waals surface area contributed by atoms with Gasteiger partial charge in [0.2, 0.25) is 15.9 Å². The zero-order chi connectivity index (χ0) is 18.4. The van der Waals surface area contributed by atoms with E-state index in [1.54, 1.807) is 0 Å². The maximum Gasteiger partial charge on any atom is 0.322 e. The Bertz CT molecular complexity index is 832. The number of hydrogen-bond acceptors (Lipinski definition) is 8. The molecule has 1 heterocycles. The number of anilines is 1. The van der Waals surface area contributed by atoms with Crippen LogP contribution in [0.2, 0.25) is 0 Å². The first-order valence-electron chi connectivity index (χ1n) is 7.04. The number of nitrogens with zero attached hydrogens (tertiary/aromatic N) is 3. The normalized spacial score (nSPS) is 11.0. The van der Waals surface area contributed by atoms with E-state index in [1.807, 2.05) is 0 Å². The first-order valence-corrected chi connectivity index (χ1v) is 8.52. The average molecular weight is 367 g/mol. The van der Waals surface area contributed by atoms with Crippen LogP contribution in [0.5, 0.6) is 12.0 Å². The SMILES string of the molecule is COc1nc(CNS(=O)(=O)c2ccc(NC(C)=O)cc2)nc(OC)n1.